The van der Waals surface area contributed by atoms with E-state index in [1.54, 1.807) is 24.3 Å². The number of aromatic nitrogens is 2. The van der Waals surface area contributed by atoms with Crippen LogP contribution in [0.4, 0.5) is 17.3 Å². The van der Waals surface area contributed by atoms with Gasteiger partial charge in [-0.2, -0.15) is 0 Å². The van der Waals surface area contributed by atoms with E-state index in [9.17, 15) is 14.9 Å². The van der Waals surface area contributed by atoms with Gasteiger partial charge in [-0.25, -0.2) is 9.97 Å². The van der Waals surface area contributed by atoms with Crippen LogP contribution in [0.15, 0.2) is 35.1 Å². The third kappa shape index (κ3) is 4.70. The Hall–Kier alpha value is -2.75. The minimum Gasteiger partial charge on any atom is -0.351 e. The Bertz CT molecular complexity index is 822. The first kappa shape index (κ1) is 19.0. The predicted molar refractivity (Wildman–Crippen MR) is 105 cm³/mol. The lowest BCUT2D eigenvalue weighted by molar-refractivity contribution is -0.383. The van der Waals surface area contributed by atoms with Crippen LogP contribution in [0, 0.1) is 10.1 Å². The standard InChI is InChI=1S/C17H19BrN6O3/c18-13-7-5-12(6-8-13)17(25)22-21-15-14(24(26)27)16(20-11-19-15)23-9-3-1-2-4-10-23/h5-8,11H,1-4,9-10H2,(H,22,25)(H,19,20,21). The van der Waals surface area contributed by atoms with E-state index in [2.05, 4.69) is 36.7 Å². The molecule has 0 radical (unpaired) electrons. The Morgan fingerprint density at radius 2 is 1.78 bits per heavy atom. The molecule has 9 nitrogen and oxygen atoms in total. The second kappa shape index (κ2) is 8.76. The number of anilines is 2. The highest BCUT2D eigenvalue weighted by Crippen LogP contribution is 2.32. The molecule has 2 heterocycles. The number of carbonyl (C=O) groups is 1. The number of hydrogen-bond donors (Lipinski definition) is 2. The molecule has 0 unspecified atom stereocenters. The fourth-order valence-electron chi connectivity index (χ4n) is 2.93. The lowest BCUT2D eigenvalue weighted by Crippen LogP contribution is -2.31. The number of halogens is 1. The van der Waals surface area contributed by atoms with Crippen LogP contribution < -0.4 is 15.8 Å². The third-order valence-corrected chi connectivity index (χ3v) is 4.82. The zero-order valence-corrected chi connectivity index (χ0v) is 16.1. The maximum Gasteiger partial charge on any atom is 0.355 e. The number of nitrogens with one attached hydrogen (secondary N) is 2. The zero-order valence-electron chi connectivity index (χ0n) is 14.5. The molecule has 1 fully saturated rings. The van der Waals surface area contributed by atoms with Crippen LogP contribution in [0.25, 0.3) is 0 Å². The Morgan fingerprint density at radius 1 is 1.11 bits per heavy atom. The maximum absolute atomic E-state index is 12.2. The summed E-state index contributed by atoms with van der Waals surface area (Å²) in [4.78, 5) is 33.4. The SMILES string of the molecule is O=C(NNc1ncnc(N2CCCCCC2)c1[N+](=O)[O-])c1ccc(Br)cc1. The van der Waals surface area contributed by atoms with Crippen molar-refractivity contribution in [1.82, 2.24) is 15.4 Å². The highest BCUT2D eigenvalue weighted by molar-refractivity contribution is 9.10. The van der Waals surface area contributed by atoms with E-state index in [0.29, 0.717) is 18.7 Å². The van der Waals surface area contributed by atoms with E-state index in [-0.39, 0.29) is 17.3 Å². The Morgan fingerprint density at radius 3 is 2.41 bits per heavy atom. The summed E-state index contributed by atoms with van der Waals surface area (Å²) >= 11 is 3.30. The van der Waals surface area contributed by atoms with Crippen LogP contribution in [0.5, 0.6) is 0 Å². The van der Waals surface area contributed by atoms with Crippen molar-refractivity contribution >= 4 is 39.2 Å². The minimum atomic E-state index is -0.520. The predicted octanol–water partition coefficient (Wildman–Crippen LogP) is 3.28. The Balaban J connectivity index is 1.80. The van der Waals surface area contributed by atoms with Crippen molar-refractivity contribution < 1.29 is 9.72 Å². The summed E-state index contributed by atoms with van der Waals surface area (Å²) in [6.07, 6.45) is 5.39. The molecule has 0 bridgehead atoms. The third-order valence-electron chi connectivity index (χ3n) is 4.29. The van der Waals surface area contributed by atoms with Crippen molar-refractivity contribution in [1.29, 1.82) is 0 Å². The summed E-state index contributed by atoms with van der Waals surface area (Å²) in [6, 6.07) is 6.75. The van der Waals surface area contributed by atoms with Crippen LogP contribution in [-0.4, -0.2) is 33.9 Å². The van der Waals surface area contributed by atoms with Gasteiger partial charge in [0, 0.05) is 23.1 Å². The molecule has 1 aliphatic heterocycles. The molecule has 1 aromatic heterocycles. The van der Waals surface area contributed by atoms with Gasteiger partial charge >= 0.3 is 5.69 Å². The quantitative estimate of drug-likeness (QED) is 0.547. The highest BCUT2D eigenvalue weighted by Gasteiger charge is 2.27. The summed E-state index contributed by atoms with van der Waals surface area (Å²) in [6.45, 7) is 1.42. The van der Waals surface area contributed by atoms with Gasteiger partial charge in [0.05, 0.1) is 4.92 Å². The van der Waals surface area contributed by atoms with Crippen molar-refractivity contribution in [2.75, 3.05) is 23.4 Å². The highest BCUT2D eigenvalue weighted by atomic mass is 79.9. The number of benzene rings is 1. The van der Waals surface area contributed by atoms with Gasteiger partial charge in [0.25, 0.3) is 5.91 Å². The van der Waals surface area contributed by atoms with Gasteiger partial charge < -0.3 is 4.90 Å². The van der Waals surface area contributed by atoms with Gasteiger partial charge in [0.1, 0.15) is 6.33 Å². The van der Waals surface area contributed by atoms with Crippen molar-refractivity contribution in [2.24, 2.45) is 0 Å². The molecule has 3 rings (SSSR count). The Labute approximate surface area is 164 Å². The molecule has 2 N–H and O–H groups in total. The van der Waals surface area contributed by atoms with E-state index in [1.165, 1.54) is 6.33 Å². The van der Waals surface area contributed by atoms with E-state index < -0.39 is 10.8 Å². The fraction of sp³-hybridized carbons (Fsp3) is 0.353. The van der Waals surface area contributed by atoms with Gasteiger partial charge in [-0.15, -0.1) is 0 Å². The maximum atomic E-state index is 12.2. The lowest BCUT2D eigenvalue weighted by Gasteiger charge is -2.21. The van der Waals surface area contributed by atoms with E-state index in [0.717, 1.165) is 30.2 Å². The van der Waals surface area contributed by atoms with Crippen LogP contribution >= 0.6 is 15.9 Å². The summed E-state index contributed by atoms with van der Waals surface area (Å²) in [7, 11) is 0. The first-order valence-electron chi connectivity index (χ1n) is 8.62. The van der Waals surface area contributed by atoms with Crippen molar-refractivity contribution in [3.05, 3.63) is 50.7 Å². The summed E-state index contributed by atoms with van der Waals surface area (Å²) in [5.41, 5.74) is 5.20. The van der Waals surface area contributed by atoms with Gasteiger partial charge in [0.2, 0.25) is 11.6 Å². The van der Waals surface area contributed by atoms with Gasteiger partial charge in [-0.1, -0.05) is 28.8 Å². The second-order valence-electron chi connectivity index (χ2n) is 6.14. The molecule has 1 amide bonds. The first-order chi connectivity index (χ1) is 13.1. The molecule has 10 heteroatoms. The molecule has 0 atom stereocenters. The van der Waals surface area contributed by atoms with Crippen LogP contribution in [0.2, 0.25) is 0 Å². The van der Waals surface area contributed by atoms with E-state index in [1.807, 2.05) is 4.90 Å². The van der Waals surface area contributed by atoms with Crippen molar-refractivity contribution in [3.8, 4) is 0 Å². The van der Waals surface area contributed by atoms with Gasteiger partial charge in [0.15, 0.2) is 0 Å². The second-order valence-corrected chi connectivity index (χ2v) is 7.05. The van der Waals surface area contributed by atoms with Crippen molar-refractivity contribution in [3.63, 3.8) is 0 Å². The normalized spacial score (nSPS) is 14.3. The number of rotatable bonds is 5. The van der Waals surface area contributed by atoms with Crippen LogP contribution in [0.1, 0.15) is 36.0 Å². The van der Waals surface area contributed by atoms with Crippen LogP contribution in [-0.2, 0) is 0 Å². The molecular formula is C17H19BrN6O3. The molecule has 2 aromatic rings. The summed E-state index contributed by atoms with van der Waals surface area (Å²) < 4.78 is 0.848. The molecule has 142 valence electrons. The molecule has 1 aliphatic rings. The summed E-state index contributed by atoms with van der Waals surface area (Å²) in [5.74, 6) is -0.191. The Kier molecular flexibility index (Phi) is 6.17. The van der Waals surface area contributed by atoms with E-state index >= 15 is 0 Å². The molecule has 27 heavy (non-hydrogen) atoms. The zero-order chi connectivity index (χ0) is 19.2. The molecular weight excluding hydrogens is 416 g/mol. The number of hydrogen-bond acceptors (Lipinski definition) is 7. The average molecular weight is 435 g/mol. The molecule has 0 saturated carbocycles. The molecule has 1 saturated heterocycles. The lowest BCUT2D eigenvalue weighted by atomic mass is 10.2. The van der Waals surface area contributed by atoms with Gasteiger partial charge in [-0.05, 0) is 37.1 Å². The molecule has 0 aliphatic carbocycles. The largest absolute Gasteiger partial charge is 0.355 e. The topological polar surface area (TPSA) is 113 Å². The monoisotopic (exact) mass is 434 g/mol. The number of amides is 1. The number of nitro groups is 1. The first-order valence-corrected chi connectivity index (χ1v) is 9.42. The molecule has 0 spiro atoms. The number of nitrogens with zero attached hydrogens (tertiary/aromatic N) is 4. The van der Waals surface area contributed by atoms with Crippen molar-refractivity contribution in [2.45, 2.75) is 25.7 Å². The number of hydrazine groups is 1. The number of carbonyl (C=O) groups excluding carboxylic acids is 1. The smallest absolute Gasteiger partial charge is 0.351 e. The average Bonchev–Trinajstić information content (AvgIpc) is 2.95. The summed E-state index contributed by atoms with van der Waals surface area (Å²) in [5, 5.41) is 11.7. The van der Waals surface area contributed by atoms with E-state index in [4.69, 9.17) is 0 Å². The van der Waals surface area contributed by atoms with Crippen LogP contribution in [0.3, 0.4) is 0 Å². The minimum absolute atomic E-state index is 0.0419. The molecule has 1 aromatic carbocycles. The van der Waals surface area contributed by atoms with Gasteiger partial charge in [-0.3, -0.25) is 25.8 Å². The fourth-order valence-corrected chi connectivity index (χ4v) is 3.20.